The van der Waals surface area contributed by atoms with Crippen molar-refractivity contribution in [3.63, 3.8) is 0 Å². The molecule has 0 saturated carbocycles. The summed E-state index contributed by atoms with van der Waals surface area (Å²) in [5.41, 5.74) is -0.893. The minimum atomic E-state index is -4.43. The molecule has 90 valence electrons. The maximum absolute atomic E-state index is 11.7. The predicted octanol–water partition coefficient (Wildman–Crippen LogP) is 1.01. The van der Waals surface area contributed by atoms with Crippen molar-refractivity contribution in [1.29, 1.82) is 0 Å². The third-order valence-corrected chi connectivity index (χ3v) is 1.99. The van der Waals surface area contributed by atoms with Gasteiger partial charge in [0.15, 0.2) is 0 Å². The molecule has 2 amide bonds. The smallest absolute Gasteiger partial charge is 0.394 e. The molecule has 1 atom stereocenters. The van der Waals surface area contributed by atoms with Gasteiger partial charge in [0, 0.05) is 0 Å². The van der Waals surface area contributed by atoms with Crippen LogP contribution >= 0.6 is 0 Å². The third-order valence-electron chi connectivity index (χ3n) is 1.99. The third kappa shape index (κ3) is 6.16. The summed E-state index contributed by atoms with van der Waals surface area (Å²) < 4.78 is 35.2. The first-order chi connectivity index (χ1) is 6.72. The zero-order chi connectivity index (χ0) is 12.1. The monoisotopic (exact) mass is 228 g/mol. The van der Waals surface area contributed by atoms with Gasteiger partial charge in [-0.2, -0.15) is 13.2 Å². The number of nitrogens with one attached hydrogen (secondary N) is 2. The topological polar surface area (TPSA) is 61.4 Å². The molecule has 1 unspecified atom stereocenters. The van der Waals surface area contributed by atoms with Crippen molar-refractivity contribution in [2.45, 2.75) is 32.0 Å². The molecule has 15 heavy (non-hydrogen) atoms. The summed E-state index contributed by atoms with van der Waals surface area (Å²) in [6.45, 7) is 1.54. The maximum atomic E-state index is 11.7. The average Bonchev–Trinajstić information content (AvgIpc) is 2.13. The summed E-state index contributed by atoms with van der Waals surface area (Å²) in [6.07, 6.45) is -4.01. The van der Waals surface area contributed by atoms with E-state index < -0.39 is 24.3 Å². The van der Waals surface area contributed by atoms with Crippen LogP contribution in [0.4, 0.5) is 18.0 Å². The quantitative estimate of drug-likeness (QED) is 0.672. The zero-order valence-electron chi connectivity index (χ0n) is 8.61. The van der Waals surface area contributed by atoms with Crippen LogP contribution in [0.15, 0.2) is 0 Å². The molecule has 0 heterocycles. The molecule has 4 nitrogen and oxygen atoms in total. The number of carbonyl (C=O) groups excluding carboxylic acids is 1. The van der Waals surface area contributed by atoms with E-state index in [2.05, 4.69) is 5.32 Å². The minimum absolute atomic E-state index is 0.330. The average molecular weight is 228 g/mol. The van der Waals surface area contributed by atoms with Crippen molar-refractivity contribution in [3.05, 3.63) is 0 Å². The highest BCUT2D eigenvalue weighted by Gasteiger charge is 2.29. The summed E-state index contributed by atoms with van der Waals surface area (Å²) >= 11 is 0. The van der Waals surface area contributed by atoms with Gasteiger partial charge in [0.05, 0.1) is 12.1 Å². The molecule has 0 aliphatic rings. The highest BCUT2D eigenvalue weighted by Crippen LogP contribution is 2.12. The van der Waals surface area contributed by atoms with Crippen LogP contribution in [0.5, 0.6) is 0 Å². The van der Waals surface area contributed by atoms with Crippen LogP contribution in [0.25, 0.3) is 0 Å². The summed E-state index contributed by atoms with van der Waals surface area (Å²) in [6, 6.07) is -0.939. The molecule has 7 heteroatoms. The normalized spacial score (nSPS) is 15.6. The second-order valence-electron chi connectivity index (χ2n) is 3.50. The highest BCUT2D eigenvalue weighted by atomic mass is 19.4. The fourth-order valence-corrected chi connectivity index (χ4v) is 0.739. The van der Waals surface area contributed by atoms with Crippen molar-refractivity contribution in [3.8, 4) is 0 Å². The van der Waals surface area contributed by atoms with Gasteiger partial charge in [-0.3, -0.25) is 0 Å². The Labute approximate surface area is 85.8 Å². The first-order valence-corrected chi connectivity index (χ1v) is 4.46. The SMILES string of the molecule is CCC(C)(CO)NC(=O)NCC(F)(F)F. The summed E-state index contributed by atoms with van der Waals surface area (Å²) in [5, 5.41) is 12.8. The lowest BCUT2D eigenvalue weighted by Gasteiger charge is -2.27. The molecule has 0 radical (unpaired) electrons. The summed E-state index contributed by atoms with van der Waals surface area (Å²) in [7, 11) is 0. The fraction of sp³-hybridized carbons (Fsp3) is 0.875. The molecule has 3 N–H and O–H groups in total. The number of carbonyl (C=O) groups is 1. The van der Waals surface area contributed by atoms with Gasteiger partial charge in [0.25, 0.3) is 0 Å². The fourth-order valence-electron chi connectivity index (χ4n) is 0.739. The number of aliphatic hydroxyl groups is 1. The molecular formula is C8H15F3N2O2. The van der Waals surface area contributed by atoms with E-state index in [4.69, 9.17) is 5.11 Å². The number of amides is 2. The molecular weight excluding hydrogens is 213 g/mol. The number of aliphatic hydroxyl groups excluding tert-OH is 1. The van der Waals surface area contributed by atoms with Gasteiger partial charge in [-0.25, -0.2) is 4.79 Å². The second-order valence-corrected chi connectivity index (χ2v) is 3.50. The Morgan fingerprint density at radius 2 is 1.93 bits per heavy atom. The van der Waals surface area contributed by atoms with Crippen LogP contribution in [-0.4, -0.2) is 36.0 Å². The first kappa shape index (κ1) is 14.0. The molecule has 0 rings (SSSR count). The summed E-state index contributed by atoms with van der Waals surface area (Å²) in [4.78, 5) is 11.0. The Bertz CT molecular complexity index is 214. The number of rotatable bonds is 4. The van der Waals surface area contributed by atoms with Crippen molar-refractivity contribution in [1.82, 2.24) is 10.6 Å². The second kappa shape index (κ2) is 5.20. The largest absolute Gasteiger partial charge is 0.405 e. The number of halogens is 3. The van der Waals surface area contributed by atoms with Gasteiger partial charge < -0.3 is 15.7 Å². The molecule has 0 aromatic rings. The van der Waals surface area contributed by atoms with Crippen molar-refractivity contribution < 1.29 is 23.1 Å². The van der Waals surface area contributed by atoms with E-state index in [9.17, 15) is 18.0 Å². The van der Waals surface area contributed by atoms with E-state index in [0.29, 0.717) is 6.42 Å². The van der Waals surface area contributed by atoms with Crippen molar-refractivity contribution >= 4 is 6.03 Å². The van der Waals surface area contributed by atoms with Crippen LogP contribution < -0.4 is 10.6 Å². The van der Waals surface area contributed by atoms with E-state index in [-0.39, 0.29) is 6.61 Å². The lowest BCUT2D eigenvalue weighted by atomic mass is 10.0. The van der Waals surface area contributed by atoms with Crippen molar-refractivity contribution in [2.24, 2.45) is 0 Å². The van der Waals surface area contributed by atoms with E-state index in [0.717, 1.165) is 0 Å². The Balaban J connectivity index is 4.04. The Morgan fingerprint density at radius 1 is 1.40 bits per heavy atom. The van der Waals surface area contributed by atoms with Gasteiger partial charge >= 0.3 is 12.2 Å². The Morgan fingerprint density at radius 3 is 2.27 bits per heavy atom. The molecule has 0 aliphatic heterocycles. The van der Waals surface area contributed by atoms with Gasteiger partial charge in [-0.1, -0.05) is 6.92 Å². The standard InChI is InChI=1S/C8H15F3N2O2/c1-3-7(2,5-14)13-6(15)12-4-8(9,10)11/h14H,3-5H2,1-2H3,(H2,12,13,15). The van der Waals surface area contributed by atoms with Crippen LogP contribution in [0.2, 0.25) is 0 Å². The van der Waals surface area contributed by atoms with Crippen LogP contribution in [0, 0.1) is 0 Å². The van der Waals surface area contributed by atoms with E-state index in [1.807, 2.05) is 0 Å². The number of alkyl halides is 3. The Kier molecular flexibility index (Phi) is 4.86. The zero-order valence-corrected chi connectivity index (χ0v) is 8.61. The lowest BCUT2D eigenvalue weighted by molar-refractivity contribution is -0.122. The van der Waals surface area contributed by atoms with Crippen LogP contribution in [0.3, 0.4) is 0 Å². The molecule has 0 bridgehead atoms. The molecule has 0 spiro atoms. The van der Waals surface area contributed by atoms with E-state index >= 15 is 0 Å². The van der Waals surface area contributed by atoms with Crippen molar-refractivity contribution in [2.75, 3.05) is 13.2 Å². The molecule has 0 aliphatic carbocycles. The highest BCUT2D eigenvalue weighted by molar-refractivity contribution is 5.74. The minimum Gasteiger partial charge on any atom is -0.394 e. The van der Waals surface area contributed by atoms with Gasteiger partial charge in [-0.15, -0.1) is 0 Å². The maximum Gasteiger partial charge on any atom is 0.405 e. The molecule has 0 fully saturated rings. The van der Waals surface area contributed by atoms with Gasteiger partial charge in [0.2, 0.25) is 0 Å². The van der Waals surface area contributed by atoms with Crippen LogP contribution in [0.1, 0.15) is 20.3 Å². The number of hydrogen-bond donors (Lipinski definition) is 3. The van der Waals surface area contributed by atoms with Crippen LogP contribution in [-0.2, 0) is 0 Å². The van der Waals surface area contributed by atoms with E-state index in [1.54, 1.807) is 19.2 Å². The number of hydrogen-bond acceptors (Lipinski definition) is 2. The first-order valence-electron chi connectivity index (χ1n) is 4.46. The van der Waals surface area contributed by atoms with Gasteiger partial charge in [-0.05, 0) is 13.3 Å². The molecule has 0 saturated heterocycles. The molecule has 0 aromatic heterocycles. The number of urea groups is 1. The Hall–Kier alpha value is -0.980. The van der Waals surface area contributed by atoms with E-state index in [1.165, 1.54) is 0 Å². The predicted molar refractivity (Wildman–Crippen MR) is 48.4 cm³/mol. The lowest BCUT2D eigenvalue weighted by Crippen LogP contribution is -2.53. The molecule has 0 aromatic carbocycles. The summed E-state index contributed by atoms with van der Waals surface area (Å²) in [5.74, 6) is 0. The van der Waals surface area contributed by atoms with Gasteiger partial charge in [0.1, 0.15) is 6.54 Å².